The molecule has 0 spiro atoms. The average molecular weight is 566 g/mol. The summed E-state index contributed by atoms with van der Waals surface area (Å²) in [5, 5.41) is 30.6. The van der Waals surface area contributed by atoms with Crippen molar-refractivity contribution in [3.63, 3.8) is 0 Å². The van der Waals surface area contributed by atoms with E-state index in [4.69, 9.17) is 14.6 Å². The molecule has 1 heterocycles. The van der Waals surface area contributed by atoms with Crippen LogP contribution in [0.3, 0.4) is 0 Å². The zero-order valence-electron chi connectivity index (χ0n) is 21.9. The average Bonchev–Trinajstić information content (AvgIpc) is 2.96. The van der Waals surface area contributed by atoms with Crippen LogP contribution in [0.4, 0.5) is 5.69 Å². The number of hydrogen-bond acceptors (Lipinski definition) is 7. The fourth-order valence-corrected chi connectivity index (χ4v) is 5.67. The van der Waals surface area contributed by atoms with E-state index in [0.717, 1.165) is 11.1 Å². The Kier molecular flexibility index (Phi) is 9.94. The van der Waals surface area contributed by atoms with Crippen LogP contribution < -0.4 is 5.32 Å². The molecule has 4 N–H and O–H groups in total. The predicted molar refractivity (Wildman–Crippen MR) is 149 cm³/mol. The van der Waals surface area contributed by atoms with Gasteiger partial charge in [-0.15, -0.1) is 11.8 Å². The minimum absolute atomic E-state index is 0.0691. The minimum Gasteiger partial charge on any atom is -0.481 e. The summed E-state index contributed by atoms with van der Waals surface area (Å²) in [6.45, 7) is 1.95. The molecule has 10 heteroatoms. The summed E-state index contributed by atoms with van der Waals surface area (Å²) in [4.78, 5) is 35.3. The zero-order chi connectivity index (χ0) is 28.6. The quantitative estimate of drug-likeness (QED) is 0.229. The molecule has 0 aliphatic carbocycles. The van der Waals surface area contributed by atoms with Crippen molar-refractivity contribution in [2.24, 2.45) is 5.92 Å². The molecule has 9 nitrogen and oxygen atoms in total. The smallest absolute Gasteiger partial charge is 0.336 e. The van der Waals surface area contributed by atoms with Crippen LogP contribution in [0.1, 0.15) is 59.2 Å². The van der Waals surface area contributed by atoms with Gasteiger partial charge in [-0.2, -0.15) is 0 Å². The predicted octanol–water partition coefficient (Wildman–Crippen LogP) is 5.26. The lowest BCUT2D eigenvalue weighted by Crippen LogP contribution is -2.38. The van der Waals surface area contributed by atoms with Crippen molar-refractivity contribution in [3.8, 4) is 0 Å². The fourth-order valence-electron chi connectivity index (χ4n) is 4.46. The molecule has 40 heavy (non-hydrogen) atoms. The van der Waals surface area contributed by atoms with Gasteiger partial charge in [0.1, 0.15) is 0 Å². The van der Waals surface area contributed by atoms with Gasteiger partial charge >= 0.3 is 11.9 Å². The van der Waals surface area contributed by atoms with Gasteiger partial charge in [0.15, 0.2) is 6.29 Å². The number of ether oxygens (including phenoxy) is 2. The van der Waals surface area contributed by atoms with E-state index >= 15 is 0 Å². The number of anilines is 1. The van der Waals surface area contributed by atoms with Gasteiger partial charge in [0.25, 0.3) is 0 Å². The van der Waals surface area contributed by atoms with Gasteiger partial charge in [-0.3, -0.25) is 9.59 Å². The Labute approximate surface area is 236 Å². The van der Waals surface area contributed by atoms with E-state index in [0.29, 0.717) is 21.9 Å². The lowest BCUT2D eigenvalue weighted by molar-refractivity contribution is -0.268. The number of hydrogen-bond donors (Lipinski definition) is 4. The van der Waals surface area contributed by atoms with Gasteiger partial charge in [0.2, 0.25) is 5.91 Å². The number of aliphatic carboxylic acids is 1. The molecule has 1 aliphatic rings. The molecule has 1 saturated heterocycles. The molecular formula is C30H31NO8S. The molecule has 1 fully saturated rings. The second-order valence-electron chi connectivity index (χ2n) is 9.50. The Balaban J connectivity index is 1.58. The van der Waals surface area contributed by atoms with Crippen LogP contribution in [0.2, 0.25) is 0 Å². The third kappa shape index (κ3) is 7.48. The maximum Gasteiger partial charge on any atom is 0.336 e. The molecule has 1 aliphatic heterocycles. The van der Waals surface area contributed by atoms with Crippen LogP contribution in [0.25, 0.3) is 0 Å². The number of carbonyl (C=O) groups is 3. The first-order valence-electron chi connectivity index (χ1n) is 12.8. The van der Waals surface area contributed by atoms with Crippen molar-refractivity contribution in [2.45, 2.75) is 49.8 Å². The molecule has 4 atom stereocenters. The standard InChI is InChI=1S/C30H31NO8S/c1-18-24(17-40-25-8-3-2-7-23(25)29(36)37)38-30(39-28(18)20-11-9-19(16-32)10-12-20)21-5-4-6-22(15-21)31-26(33)13-14-27(34)35/h2-12,15,18,24,28,30,32H,13-14,16-17H2,1H3,(H,31,33)(H,34,35)(H,36,37)/t18-,24+,28+,30+/m1/s1. The number of benzene rings is 3. The van der Waals surface area contributed by atoms with Gasteiger partial charge in [-0.25, -0.2) is 4.79 Å². The second-order valence-corrected chi connectivity index (χ2v) is 10.6. The highest BCUT2D eigenvalue weighted by molar-refractivity contribution is 7.99. The third-order valence-electron chi connectivity index (χ3n) is 6.65. The first-order valence-corrected chi connectivity index (χ1v) is 13.8. The van der Waals surface area contributed by atoms with Crippen LogP contribution in [0.15, 0.2) is 77.7 Å². The van der Waals surface area contributed by atoms with E-state index in [1.807, 2.05) is 37.3 Å². The second kappa shape index (κ2) is 13.6. The molecule has 0 unspecified atom stereocenters. The van der Waals surface area contributed by atoms with E-state index in [1.54, 1.807) is 42.5 Å². The topological polar surface area (TPSA) is 142 Å². The van der Waals surface area contributed by atoms with Crippen molar-refractivity contribution in [3.05, 3.63) is 95.1 Å². The number of rotatable bonds is 11. The molecular weight excluding hydrogens is 534 g/mol. The van der Waals surface area contributed by atoms with Crippen LogP contribution in [0, 0.1) is 5.92 Å². The van der Waals surface area contributed by atoms with Crippen molar-refractivity contribution >= 4 is 35.3 Å². The van der Waals surface area contributed by atoms with Crippen molar-refractivity contribution < 1.29 is 39.2 Å². The lowest BCUT2D eigenvalue weighted by Gasteiger charge is -2.41. The fraction of sp³-hybridized carbons (Fsp3) is 0.300. The van der Waals surface area contributed by atoms with E-state index in [-0.39, 0.29) is 43.1 Å². The van der Waals surface area contributed by atoms with E-state index < -0.39 is 24.1 Å². The number of aliphatic hydroxyl groups excluding tert-OH is 1. The Hall–Kier alpha value is -3.70. The van der Waals surface area contributed by atoms with Crippen LogP contribution >= 0.6 is 11.8 Å². The molecule has 1 amide bonds. The SMILES string of the molecule is C[C@@H]1[C@H](CSc2ccccc2C(=O)O)O[C@H](c2cccc(NC(=O)CCC(=O)O)c2)O[C@@H]1c1ccc(CO)cc1. The van der Waals surface area contributed by atoms with Gasteiger partial charge < -0.3 is 30.1 Å². The molecule has 210 valence electrons. The van der Waals surface area contributed by atoms with Crippen LogP contribution in [0.5, 0.6) is 0 Å². The van der Waals surface area contributed by atoms with Crippen molar-refractivity contribution in [1.29, 1.82) is 0 Å². The number of carbonyl (C=O) groups excluding carboxylic acids is 1. The lowest BCUT2D eigenvalue weighted by atomic mass is 9.91. The number of nitrogens with one attached hydrogen (secondary N) is 1. The maximum absolute atomic E-state index is 12.2. The number of carboxylic acids is 2. The summed E-state index contributed by atoms with van der Waals surface area (Å²) in [5.41, 5.74) is 3.08. The Bertz CT molecular complexity index is 1350. The van der Waals surface area contributed by atoms with Gasteiger partial charge in [0.05, 0.1) is 30.8 Å². The molecule has 0 bridgehead atoms. The maximum atomic E-state index is 12.2. The first kappa shape index (κ1) is 29.3. The van der Waals surface area contributed by atoms with Gasteiger partial charge in [0, 0.05) is 34.2 Å². The minimum atomic E-state index is -1.05. The van der Waals surface area contributed by atoms with Crippen molar-refractivity contribution in [2.75, 3.05) is 11.1 Å². The largest absolute Gasteiger partial charge is 0.481 e. The number of aliphatic hydroxyl groups is 1. The normalized spacial score (nSPS) is 20.6. The van der Waals surface area contributed by atoms with Gasteiger partial charge in [-0.1, -0.05) is 55.5 Å². The summed E-state index contributed by atoms with van der Waals surface area (Å²) < 4.78 is 12.9. The highest BCUT2D eigenvalue weighted by atomic mass is 32.2. The van der Waals surface area contributed by atoms with Crippen molar-refractivity contribution in [1.82, 2.24) is 0 Å². The molecule has 3 aromatic rings. The molecule has 4 rings (SSSR count). The molecule has 3 aromatic carbocycles. The summed E-state index contributed by atoms with van der Waals surface area (Å²) in [7, 11) is 0. The summed E-state index contributed by atoms with van der Waals surface area (Å²) in [5.74, 6) is -2.07. The summed E-state index contributed by atoms with van der Waals surface area (Å²) in [6.07, 6.45) is -1.87. The Morgan fingerprint density at radius 3 is 2.35 bits per heavy atom. The Morgan fingerprint density at radius 1 is 0.900 bits per heavy atom. The molecule has 0 aromatic heterocycles. The summed E-state index contributed by atoms with van der Waals surface area (Å²) >= 11 is 1.41. The molecule has 0 radical (unpaired) electrons. The number of thioether (sulfide) groups is 1. The van der Waals surface area contributed by atoms with E-state index in [2.05, 4.69) is 5.32 Å². The number of amides is 1. The van der Waals surface area contributed by atoms with E-state index in [9.17, 15) is 24.6 Å². The third-order valence-corrected chi connectivity index (χ3v) is 7.81. The highest BCUT2D eigenvalue weighted by Gasteiger charge is 2.38. The zero-order valence-corrected chi connectivity index (χ0v) is 22.7. The first-order chi connectivity index (χ1) is 19.2. The monoisotopic (exact) mass is 565 g/mol. The Morgan fingerprint density at radius 2 is 1.65 bits per heavy atom. The van der Waals surface area contributed by atoms with Gasteiger partial charge in [-0.05, 0) is 35.4 Å². The number of carboxylic acid groups (broad SMARTS) is 2. The summed E-state index contributed by atoms with van der Waals surface area (Å²) in [6, 6.07) is 21.4. The van der Waals surface area contributed by atoms with E-state index in [1.165, 1.54) is 11.8 Å². The van der Waals surface area contributed by atoms with Crippen LogP contribution in [-0.4, -0.2) is 45.0 Å². The number of aromatic carboxylic acids is 1. The molecule has 0 saturated carbocycles. The highest BCUT2D eigenvalue weighted by Crippen LogP contribution is 2.43. The van der Waals surface area contributed by atoms with Crippen LogP contribution in [-0.2, 0) is 25.7 Å².